The maximum Gasteiger partial charge on any atom is 0.228 e. The Morgan fingerprint density at radius 1 is 1.12 bits per heavy atom. The van der Waals surface area contributed by atoms with Crippen LogP contribution in [-0.2, 0) is 4.79 Å². The minimum absolute atomic E-state index is 0.0373. The van der Waals surface area contributed by atoms with E-state index in [1.807, 2.05) is 54.6 Å². The van der Waals surface area contributed by atoms with Crippen molar-refractivity contribution in [3.8, 4) is 5.75 Å². The summed E-state index contributed by atoms with van der Waals surface area (Å²) in [5.41, 5.74) is 3.68. The second kappa shape index (κ2) is 8.30. The molecule has 0 atom stereocenters. The molecule has 3 aromatic rings. The van der Waals surface area contributed by atoms with Crippen LogP contribution < -0.4 is 10.1 Å². The average molecular weight is 346 g/mol. The monoisotopic (exact) mass is 346 g/mol. The van der Waals surface area contributed by atoms with Gasteiger partial charge in [0.25, 0.3) is 0 Å². The molecule has 0 saturated carbocycles. The van der Waals surface area contributed by atoms with Gasteiger partial charge in [-0.15, -0.1) is 0 Å². The van der Waals surface area contributed by atoms with Crippen molar-refractivity contribution < 1.29 is 9.53 Å². The molecule has 132 valence electrons. The molecular weight excluding hydrogens is 324 g/mol. The predicted molar refractivity (Wildman–Crippen MR) is 106 cm³/mol. The summed E-state index contributed by atoms with van der Waals surface area (Å²) in [6.45, 7) is 2.06. The summed E-state index contributed by atoms with van der Waals surface area (Å²) >= 11 is 0. The summed E-state index contributed by atoms with van der Waals surface area (Å²) in [5.74, 6) is 0.783. The average Bonchev–Trinajstić information content (AvgIpc) is 2.68. The number of amides is 1. The number of hydrogen-bond donors (Lipinski definition) is 1. The van der Waals surface area contributed by atoms with E-state index in [9.17, 15) is 4.79 Å². The first kappa shape index (κ1) is 17.7. The topological polar surface area (TPSA) is 51.2 Å². The van der Waals surface area contributed by atoms with Crippen LogP contribution >= 0.6 is 0 Å². The fraction of sp³-hybridized carbons (Fsp3) is 0.182. The van der Waals surface area contributed by atoms with E-state index in [4.69, 9.17) is 4.74 Å². The van der Waals surface area contributed by atoms with Crippen molar-refractivity contribution >= 4 is 28.6 Å². The number of nitrogens with zero attached hydrogens (tertiary/aromatic N) is 1. The third kappa shape index (κ3) is 4.28. The maximum atomic E-state index is 12.5. The number of fused-ring (bicyclic) bond motifs is 1. The van der Waals surface area contributed by atoms with E-state index in [1.54, 1.807) is 13.3 Å². The Hall–Kier alpha value is -3.14. The number of para-hydroxylation sites is 1. The van der Waals surface area contributed by atoms with Gasteiger partial charge in [-0.1, -0.05) is 48.9 Å². The first-order valence-electron chi connectivity index (χ1n) is 8.66. The summed E-state index contributed by atoms with van der Waals surface area (Å²) in [7, 11) is 1.65. The van der Waals surface area contributed by atoms with Gasteiger partial charge >= 0.3 is 0 Å². The van der Waals surface area contributed by atoms with Crippen molar-refractivity contribution in [1.82, 2.24) is 4.98 Å². The van der Waals surface area contributed by atoms with Crippen LogP contribution in [0.4, 0.5) is 5.69 Å². The highest BCUT2D eigenvalue weighted by atomic mass is 16.5. The number of pyridine rings is 1. The smallest absolute Gasteiger partial charge is 0.228 e. The van der Waals surface area contributed by atoms with Gasteiger partial charge < -0.3 is 10.1 Å². The zero-order chi connectivity index (χ0) is 18.4. The van der Waals surface area contributed by atoms with Crippen LogP contribution in [0.5, 0.6) is 5.75 Å². The lowest BCUT2D eigenvalue weighted by Gasteiger charge is -2.09. The lowest BCUT2D eigenvalue weighted by Crippen LogP contribution is -2.12. The molecule has 0 aliphatic carbocycles. The van der Waals surface area contributed by atoms with Crippen molar-refractivity contribution in [2.45, 2.75) is 19.8 Å². The van der Waals surface area contributed by atoms with E-state index in [0.717, 1.165) is 39.9 Å². The Kier molecular flexibility index (Phi) is 5.64. The number of anilines is 1. The van der Waals surface area contributed by atoms with Crippen LogP contribution in [0.1, 0.15) is 25.3 Å². The number of methoxy groups -OCH3 is 1. The molecular formula is C22H22N2O2. The van der Waals surface area contributed by atoms with Crippen molar-refractivity contribution in [2.75, 3.05) is 12.4 Å². The molecule has 2 aromatic carbocycles. The van der Waals surface area contributed by atoms with Gasteiger partial charge in [0, 0.05) is 18.0 Å². The van der Waals surface area contributed by atoms with Gasteiger partial charge in [0.15, 0.2) is 0 Å². The van der Waals surface area contributed by atoms with Crippen molar-refractivity contribution in [3.63, 3.8) is 0 Å². The van der Waals surface area contributed by atoms with Gasteiger partial charge in [-0.3, -0.25) is 9.78 Å². The first-order chi connectivity index (χ1) is 12.7. The van der Waals surface area contributed by atoms with Crippen LogP contribution in [0, 0.1) is 0 Å². The fourth-order valence-corrected chi connectivity index (χ4v) is 2.82. The van der Waals surface area contributed by atoms with E-state index in [1.165, 1.54) is 0 Å². The van der Waals surface area contributed by atoms with Crippen LogP contribution in [0.3, 0.4) is 0 Å². The molecule has 4 nitrogen and oxygen atoms in total. The molecule has 26 heavy (non-hydrogen) atoms. The number of ether oxygens (including phenoxy) is 1. The second-order valence-electron chi connectivity index (χ2n) is 6.03. The van der Waals surface area contributed by atoms with Crippen molar-refractivity contribution in [2.24, 2.45) is 0 Å². The number of rotatable bonds is 6. The summed E-state index contributed by atoms with van der Waals surface area (Å²) in [6, 6.07) is 17.5. The SMILES string of the molecule is CC/C(=C\c1ccc(OC)cc1)CC(=O)Nc1cccc2cccnc12. The quantitative estimate of drug-likeness (QED) is 0.678. The third-order valence-electron chi connectivity index (χ3n) is 4.24. The molecule has 0 radical (unpaired) electrons. The lowest BCUT2D eigenvalue weighted by molar-refractivity contribution is -0.115. The zero-order valence-corrected chi connectivity index (χ0v) is 15.0. The van der Waals surface area contributed by atoms with E-state index < -0.39 is 0 Å². The predicted octanol–water partition coefficient (Wildman–Crippen LogP) is 5.07. The van der Waals surface area contributed by atoms with Crippen LogP contribution in [0.15, 0.2) is 66.4 Å². The van der Waals surface area contributed by atoms with E-state index in [2.05, 4.69) is 23.3 Å². The normalized spacial score (nSPS) is 11.4. The van der Waals surface area contributed by atoms with Gasteiger partial charge in [0.1, 0.15) is 5.75 Å². The Balaban J connectivity index is 1.73. The second-order valence-corrected chi connectivity index (χ2v) is 6.03. The zero-order valence-electron chi connectivity index (χ0n) is 15.0. The highest BCUT2D eigenvalue weighted by Crippen LogP contribution is 2.22. The van der Waals surface area contributed by atoms with Crippen LogP contribution in [0.25, 0.3) is 17.0 Å². The highest BCUT2D eigenvalue weighted by molar-refractivity contribution is 6.01. The Labute approximate surface area is 153 Å². The van der Waals surface area contributed by atoms with Gasteiger partial charge in [0.2, 0.25) is 5.91 Å². The molecule has 0 spiro atoms. The van der Waals surface area contributed by atoms with Crippen LogP contribution in [-0.4, -0.2) is 18.0 Å². The molecule has 0 fully saturated rings. The van der Waals surface area contributed by atoms with Gasteiger partial charge in [-0.2, -0.15) is 0 Å². The van der Waals surface area contributed by atoms with Gasteiger partial charge in [0.05, 0.1) is 18.3 Å². The fourth-order valence-electron chi connectivity index (χ4n) is 2.82. The highest BCUT2D eigenvalue weighted by Gasteiger charge is 2.08. The standard InChI is InChI=1S/C22H22N2O2/c1-3-16(14-17-9-11-19(26-2)12-10-17)15-21(25)24-20-8-4-6-18-7-5-13-23-22(18)20/h4-14H,3,15H2,1-2H3,(H,24,25)/b16-14+. The Bertz CT molecular complexity index is 925. The van der Waals surface area contributed by atoms with Crippen molar-refractivity contribution in [1.29, 1.82) is 0 Å². The largest absolute Gasteiger partial charge is 0.497 e. The molecule has 0 bridgehead atoms. The molecule has 1 aromatic heterocycles. The maximum absolute atomic E-state index is 12.5. The lowest BCUT2D eigenvalue weighted by atomic mass is 10.0. The molecule has 0 saturated heterocycles. The first-order valence-corrected chi connectivity index (χ1v) is 8.66. The van der Waals surface area contributed by atoms with E-state index in [0.29, 0.717) is 6.42 Å². The number of carbonyl (C=O) groups is 1. The number of hydrogen-bond acceptors (Lipinski definition) is 3. The molecule has 0 unspecified atom stereocenters. The summed E-state index contributed by atoms with van der Waals surface area (Å²) in [6.07, 6.45) is 4.96. The number of carbonyl (C=O) groups excluding carboxylic acids is 1. The Morgan fingerprint density at radius 2 is 1.88 bits per heavy atom. The summed E-state index contributed by atoms with van der Waals surface area (Å²) in [4.78, 5) is 16.9. The number of nitrogens with one attached hydrogen (secondary N) is 1. The van der Waals surface area contributed by atoms with Gasteiger partial charge in [-0.25, -0.2) is 0 Å². The van der Waals surface area contributed by atoms with Gasteiger partial charge in [-0.05, 0) is 36.2 Å². The molecule has 1 amide bonds. The number of benzene rings is 2. The molecule has 0 aliphatic rings. The molecule has 4 heteroatoms. The van der Waals surface area contributed by atoms with E-state index in [-0.39, 0.29) is 5.91 Å². The third-order valence-corrected chi connectivity index (χ3v) is 4.24. The summed E-state index contributed by atoms with van der Waals surface area (Å²) < 4.78 is 5.18. The van der Waals surface area contributed by atoms with E-state index >= 15 is 0 Å². The minimum Gasteiger partial charge on any atom is -0.497 e. The Morgan fingerprint density at radius 3 is 2.62 bits per heavy atom. The molecule has 0 aliphatic heterocycles. The molecule has 1 heterocycles. The number of aromatic nitrogens is 1. The van der Waals surface area contributed by atoms with Crippen LogP contribution in [0.2, 0.25) is 0 Å². The summed E-state index contributed by atoms with van der Waals surface area (Å²) in [5, 5.41) is 4.00. The molecule has 1 N–H and O–H groups in total. The minimum atomic E-state index is -0.0373. The van der Waals surface area contributed by atoms with Crippen molar-refractivity contribution in [3.05, 3.63) is 71.9 Å². The molecule has 3 rings (SSSR count).